The van der Waals surface area contributed by atoms with Gasteiger partial charge in [-0.3, -0.25) is 9.69 Å². The van der Waals surface area contributed by atoms with Crippen molar-refractivity contribution in [3.63, 3.8) is 0 Å². The summed E-state index contributed by atoms with van der Waals surface area (Å²) in [5, 5.41) is 0. The average molecular weight is 345 g/mol. The standard InChI is InChI=1S/C17H12FNO2S2/c1-21-14-7-5-13(6-8-14)19-16(20)15(23-17(19)22)10-11-3-2-4-12(18)9-11/h2-10H,1H3. The van der Waals surface area contributed by atoms with Gasteiger partial charge in [0.2, 0.25) is 0 Å². The Hall–Kier alpha value is -2.18. The van der Waals surface area contributed by atoms with Gasteiger partial charge in [-0.05, 0) is 48.0 Å². The van der Waals surface area contributed by atoms with Crippen LogP contribution in [-0.4, -0.2) is 17.3 Å². The highest BCUT2D eigenvalue weighted by Crippen LogP contribution is 2.36. The van der Waals surface area contributed by atoms with E-state index in [4.69, 9.17) is 17.0 Å². The first-order chi connectivity index (χ1) is 11.1. The molecule has 1 amide bonds. The number of halogens is 1. The van der Waals surface area contributed by atoms with Gasteiger partial charge >= 0.3 is 0 Å². The average Bonchev–Trinajstić information content (AvgIpc) is 2.81. The molecule has 0 aromatic heterocycles. The SMILES string of the molecule is COc1ccc(N2C(=O)C(=Cc3cccc(F)c3)SC2=S)cc1. The van der Waals surface area contributed by atoms with E-state index in [1.54, 1.807) is 49.6 Å². The first kappa shape index (κ1) is 15.7. The van der Waals surface area contributed by atoms with Gasteiger partial charge in [-0.1, -0.05) is 36.1 Å². The van der Waals surface area contributed by atoms with E-state index >= 15 is 0 Å². The maximum Gasteiger partial charge on any atom is 0.270 e. The van der Waals surface area contributed by atoms with Crippen molar-refractivity contribution >= 4 is 46.0 Å². The Labute approximate surface area is 142 Å². The molecule has 1 saturated heterocycles. The highest BCUT2D eigenvalue weighted by Gasteiger charge is 2.33. The van der Waals surface area contributed by atoms with Gasteiger partial charge in [0.05, 0.1) is 17.7 Å². The van der Waals surface area contributed by atoms with Crippen LogP contribution in [0.25, 0.3) is 6.08 Å². The van der Waals surface area contributed by atoms with Crippen molar-refractivity contribution in [2.45, 2.75) is 0 Å². The molecule has 0 N–H and O–H groups in total. The van der Waals surface area contributed by atoms with Crippen LogP contribution < -0.4 is 9.64 Å². The highest BCUT2D eigenvalue weighted by molar-refractivity contribution is 8.27. The lowest BCUT2D eigenvalue weighted by molar-refractivity contribution is -0.113. The molecule has 1 aliphatic rings. The van der Waals surface area contributed by atoms with Crippen LogP contribution in [0, 0.1) is 5.82 Å². The molecule has 0 aliphatic carbocycles. The predicted octanol–water partition coefficient (Wildman–Crippen LogP) is 4.24. The summed E-state index contributed by atoms with van der Waals surface area (Å²) >= 11 is 6.50. The minimum absolute atomic E-state index is 0.213. The van der Waals surface area contributed by atoms with Crippen LogP contribution >= 0.6 is 24.0 Å². The van der Waals surface area contributed by atoms with Crippen molar-refractivity contribution in [2.24, 2.45) is 0 Å². The number of hydrogen-bond donors (Lipinski definition) is 0. The van der Waals surface area contributed by atoms with Gasteiger partial charge in [-0.2, -0.15) is 0 Å². The molecule has 0 atom stereocenters. The fourth-order valence-corrected chi connectivity index (χ4v) is 3.47. The van der Waals surface area contributed by atoms with E-state index in [0.29, 0.717) is 26.2 Å². The Morgan fingerprint density at radius 3 is 2.61 bits per heavy atom. The number of thioether (sulfide) groups is 1. The maximum absolute atomic E-state index is 13.3. The second kappa shape index (κ2) is 6.52. The Balaban J connectivity index is 1.90. The zero-order valence-corrected chi connectivity index (χ0v) is 13.8. The van der Waals surface area contributed by atoms with Crippen molar-refractivity contribution < 1.29 is 13.9 Å². The summed E-state index contributed by atoms with van der Waals surface area (Å²) in [5.41, 5.74) is 1.30. The lowest BCUT2D eigenvalue weighted by atomic mass is 10.2. The molecule has 0 unspecified atom stereocenters. The molecule has 2 aromatic carbocycles. The van der Waals surface area contributed by atoms with E-state index in [0.717, 1.165) is 0 Å². The molecule has 1 heterocycles. The number of ether oxygens (including phenoxy) is 1. The normalized spacial score (nSPS) is 16.3. The molecule has 0 saturated carbocycles. The number of amides is 1. The van der Waals surface area contributed by atoms with Gasteiger partial charge < -0.3 is 4.74 Å². The maximum atomic E-state index is 13.3. The number of thiocarbonyl (C=S) groups is 1. The molecule has 0 bridgehead atoms. The number of hydrogen-bond acceptors (Lipinski definition) is 4. The van der Waals surface area contributed by atoms with E-state index in [1.165, 1.54) is 28.8 Å². The Morgan fingerprint density at radius 2 is 1.96 bits per heavy atom. The highest BCUT2D eigenvalue weighted by atomic mass is 32.2. The predicted molar refractivity (Wildman–Crippen MR) is 95.0 cm³/mol. The Kier molecular flexibility index (Phi) is 4.45. The molecule has 6 heteroatoms. The molecule has 3 nitrogen and oxygen atoms in total. The number of benzene rings is 2. The molecule has 3 rings (SSSR count). The summed E-state index contributed by atoms with van der Waals surface area (Å²) < 4.78 is 18.8. The summed E-state index contributed by atoms with van der Waals surface area (Å²) in [7, 11) is 1.58. The Bertz CT molecular complexity index is 802. The molecular weight excluding hydrogens is 333 g/mol. The largest absolute Gasteiger partial charge is 0.497 e. The molecule has 23 heavy (non-hydrogen) atoms. The number of anilines is 1. The van der Waals surface area contributed by atoms with Gasteiger partial charge in [0.15, 0.2) is 4.32 Å². The summed E-state index contributed by atoms with van der Waals surface area (Å²) in [6.45, 7) is 0. The van der Waals surface area contributed by atoms with Crippen LogP contribution in [0.1, 0.15) is 5.56 Å². The van der Waals surface area contributed by atoms with Gasteiger partial charge in [-0.15, -0.1) is 0 Å². The van der Waals surface area contributed by atoms with Gasteiger partial charge in [0, 0.05) is 0 Å². The fourth-order valence-electron chi connectivity index (χ4n) is 2.17. The van der Waals surface area contributed by atoms with Crippen LogP contribution in [0.4, 0.5) is 10.1 Å². The summed E-state index contributed by atoms with van der Waals surface area (Å²) in [6, 6.07) is 13.2. The Morgan fingerprint density at radius 1 is 1.22 bits per heavy atom. The fraction of sp³-hybridized carbons (Fsp3) is 0.0588. The van der Waals surface area contributed by atoms with Crippen molar-refractivity contribution in [1.29, 1.82) is 0 Å². The number of rotatable bonds is 3. The van der Waals surface area contributed by atoms with E-state index in [9.17, 15) is 9.18 Å². The van der Waals surface area contributed by atoms with E-state index in [1.807, 2.05) is 0 Å². The first-order valence-electron chi connectivity index (χ1n) is 6.76. The molecule has 0 radical (unpaired) electrons. The third-order valence-electron chi connectivity index (χ3n) is 3.27. The molecular formula is C17H12FNO2S2. The van der Waals surface area contributed by atoms with Crippen LogP contribution in [0.3, 0.4) is 0 Å². The smallest absolute Gasteiger partial charge is 0.270 e. The summed E-state index contributed by atoms with van der Waals surface area (Å²) in [4.78, 5) is 14.5. The zero-order chi connectivity index (χ0) is 16.4. The lowest BCUT2D eigenvalue weighted by Gasteiger charge is -2.14. The lowest BCUT2D eigenvalue weighted by Crippen LogP contribution is -2.27. The van der Waals surface area contributed by atoms with Crippen LogP contribution in [0.5, 0.6) is 5.75 Å². The minimum Gasteiger partial charge on any atom is -0.497 e. The third kappa shape index (κ3) is 3.28. The van der Waals surface area contributed by atoms with Gasteiger partial charge in [0.1, 0.15) is 11.6 Å². The number of carbonyl (C=O) groups excluding carboxylic acids is 1. The second-order valence-corrected chi connectivity index (χ2v) is 6.45. The minimum atomic E-state index is -0.343. The third-order valence-corrected chi connectivity index (χ3v) is 4.57. The van der Waals surface area contributed by atoms with Crippen molar-refractivity contribution in [3.8, 4) is 5.75 Å². The molecule has 2 aromatic rings. The van der Waals surface area contributed by atoms with Crippen LogP contribution in [0.15, 0.2) is 53.4 Å². The zero-order valence-electron chi connectivity index (χ0n) is 12.2. The monoisotopic (exact) mass is 345 g/mol. The van der Waals surface area contributed by atoms with E-state index in [2.05, 4.69) is 0 Å². The summed E-state index contributed by atoms with van der Waals surface area (Å²) in [6.07, 6.45) is 1.64. The quantitative estimate of drug-likeness (QED) is 0.615. The van der Waals surface area contributed by atoms with E-state index < -0.39 is 0 Å². The number of carbonyl (C=O) groups is 1. The van der Waals surface area contributed by atoms with Crippen molar-refractivity contribution in [2.75, 3.05) is 12.0 Å². The second-order valence-electron chi connectivity index (χ2n) is 4.77. The van der Waals surface area contributed by atoms with E-state index in [-0.39, 0.29) is 11.7 Å². The van der Waals surface area contributed by atoms with Crippen molar-refractivity contribution in [1.82, 2.24) is 0 Å². The number of methoxy groups -OCH3 is 1. The molecule has 1 aliphatic heterocycles. The summed E-state index contributed by atoms with van der Waals surface area (Å²) in [5.74, 6) is 0.147. The van der Waals surface area contributed by atoms with Crippen molar-refractivity contribution in [3.05, 3.63) is 64.8 Å². The first-order valence-corrected chi connectivity index (χ1v) is 7.98. The molecule has 116 valence electrons. The number of nitrogens with zero attached hydrogens (tertiary/aromatic N) is 1. The molecule has 1 fully saturated rings. The topological polar surface area (TPSA) is 29.5 Å². The van der Waals surface area contributed by atoms with Gasteiger partial charge in [-0.25, -0.2) is 4.39 Å². The van der Waals surface area contributed by atoms with Crippen LogP contribution in [-0.2, 0) is 4.79 Å². The molecule has 0 spiro atoms. The van der Waals surface area contributed by atoms with Gasteiger partial charge in [0.25, 0.3) is 5.91 Å². The van der Waals surface area contributed by atoms with Crippen LogP contribution in [0.2, 0.25) is 0 Å².